The van der Waals surface area contributed by atoms with Crippen molar-refractivity contribution in [3.05, 3.63) is 0 Å². The molecular formula is C12H21N3O4S. The van der Waals surface area contributed by atoms with Gasteiger partial charge in [-0.2, -0.15) is 11.8 Å². The molecular weight excluding hydrogens is 282 g/mol. The van der Waals surface area contributed by atoms with Gasteiger partial charge in [0.15, 0.2) is 0 Å². The molecule has 20 heavy (non-hydrogen) atoms. The number of carboxylic acid groups (broad SMARTS) is 1. The molecule has 0 bridgehead atoms. The fourth-order valence-electron chi connectivity index (χ4n) is 2.00. The van der Waals surface area contributed by atoms with Gasteiger partial charge < -0.3 is 20.6 Å². The summed E-state index contributed by atoms with van der Waals surface area (Å²) in [5.41, 5.74) is 5.16. The highest BCUT2D eigenvalue weighted by Gasteiger charge is 2.34. The predicted octanol–water partition coefficient (Wildman–Crippen LogP) is 0.196. The maximum atomic E-state index is 12.4. The van der Waals surface area contributed by atoms with Crippen LogP contribution in [0.15, 0.2) is 0 Å². The van der Waals surface area contributed by atoms with Gasteiger partial charge in [0, 0.05) is 24.6 Å². The third-order valence-corrected chi connectivity index (χ3v) is 4.08. The summed E-state index contributed by atoms with van der Waals surface area (Å²) >= 11 is 1.51. The van der Waals surface area contributed by atoms with Gasteiger partial charge in [0.2, 0.25) is 5.91 Å². The molecule has 0 aromatic rings. The largest absolute Gasteiger partial charge is 0.480 e. The number of rotatable bonds is 6. The Kier molecular flexibility index (Phi) is 6.63. The maximum absolute atomic E-state index is 12.4. The number of thioether (sulfide) groups is 1. The van der Waals surface area contributed by atoms with Crippen LogP contribution in [0.1, 0.15) is 19.8 Å². The lowest BCUT2D eigenvalue weighted by molar-refractivity contribution is -0.141. The highest BCUT2D eigenvalue weighted by atomic mass is 32.2. The van der Waals surface area contributed by atoms with E-state index in [0.29, 0.717) is 24.6 Å². The fraction of sp³-hybridized carbons (Fsp3) is 0.750. The summed E-state index contributed by atoms with van der Waals surface area (Å²) in [5, 5.41) is 9.18. The first-order valence-corrected chi connectivity index (χ1v) is 7.77. The van der Waals surface area contributed by atoms with Gasteiger partial charge >= 0.3 is 12.0 Å². The molecule has 0 saturated carbocycles. The van der Waals surface area contributed by atoms with Crippen LogP contribution in [0, 0.1) is 0 Å². The van der Waals surface area contributed by atoms with Gasteiger partial charge in [-0.15, -0.1) is 0 Å². The summed E-state index contributed by atoms with van der Waals surface area (Å²) in [7, 11) is 0. The van der Waals surface area contributed by atoms with Gasteiger partial charge in [-0.05, 0) is 6.42 Å². The van der Waals surface area contributed by atoms with E-state index in [9.17, 15) is 19.5 Å². The van der Waals surface area contributed by atoms with E-state index < -0.39 is 23.9 Å². The van der Waals surface area contributed by atoms with Crippen LogP contribution >= 0.6 is 11.8 Å². The van der Waals surface area contributed by atoms with Crippen molar-refractivity contribution >= 4 is 29.7 Å². The van der Waals surface area contributed by atoms with Crippen LogP contribution in [0.4, 0.5) is 4.79 Å². The molecule has 8 heteroatoms. The van der Waals surface area contributed by atoms with E-state index >= 15 is 0 Å². The molecule has 3 amide bonds. The van der Waals surface area contributed by atoms with E-state index in [4.69, 9.17) is 5.73 Å². The van der Waals surface area contributed by atoms with Crippen LogP contribution < -0.4 is 5.73 Å². The number of carbonyl (C=O) groups is 3. The van der Waals surface area contributed by atoms with Crippen molar-refractivity contribution in [2.24, 2.45) is 5.73 Å². The third-order valence-electron chi connectivity index (χ3n) is 3.06. The molecule has 0 aromatic heterocycles. The zero-order valence-electron chi connectivity index (χ0n) is 11.6. The van der Waals surface area contributed by atoms with Crippen LogP contribution in [0.5, 0.6) is 0 Å². The minimum absolute atomic E-state index is 0.172. The Labute approximate surface area is 122 Å². The Morgan fingerprint density at radius 2 is 2.15 bits per heavy atom. The molecule has 1 atom stereocenters. The lowest BCUT2D eigenvalue weighted by Crippen LogP contribution is -2.56. The molecule has 0 aliphatic carbocycles. The molecule has 0 aromatic carbocycles. The summed E-state index contributed by atoms with van der Waals surface area (Å²) in [6.45, 7) is 2.59. The van der Waals surface area contributed by atoms with Crippen molar-refractivity contribution in [3.63, 3.8) is 0 Å². The number of hydrogen-bond acceptors (Lipinski definition) is 4. The zero-order valence-corrected chi connectivity index (χ0v) is 12.4. The number of carboxylic acids is 1. The first-order valence-electron chi connectivity index (χ1n) is 6.61. The second-order valence-corrected chi connectivity index (χ2v) is 5.80. The molecule has 1 saturated heterocycles. The lowest BCUT2D eigenvalue weighted by atomic mass is 10.2. The van der Waals surface area contributed by atoms with Crippen molar-refractivity contribution in [1.29, 1.82) is 0 Å². The topological polar surface area (TPSA) is 104 Å². The molecule has 114 valence electrons. The summed E-state index contributed by atoms with van der Waals surface area (Å²) in [4.78, 5) is 37.4. The fourth-order valence-corrected chi connectivity index (χ4v) is 3.04. The van der Waals surface area contributed by atoms with Crippen LogP contribution in [-0.4, -0.2) is 70.0 Å². The zero-order chi connectivity index (χ0) is 15.1. The summed E-state index contributed by atoms with van der Waals surface area (Å²) in [6.07, 6.45) is 1.63. The number of nitrogens with zero attached hydrogens (tertiary/aromatic N) is 2. The number of carbonyl (C=O) groups excluding carboxylic acids is 2. The number of primary amides is 1. The number of hydrogen-bond donors (Lipinski definition) is 2. The Bertz CT molecular complexity index is 378. The van der Waals surface area contributed by atoms with E-state index in [1.54, 1.807) is 0 Å². The van der Waals surface area contributed by atoms with Gasteiger partial charge in [0.25, 0.3) is 0 Å². The summed E-state index contributed by atoms with van der Waals surface area (Å²) in [6, 6.07) is -1.25. The SMILES string of the molecule is CCCCN(CC(N)=O)C(=O)N1CCSCC1C(=O)O. The highest BCUT2D eigenvalue weighted by Crippen LogP contribution is 2.18. The Balaban J connectivity index is 2.79. The van der Waals surface area contributed by atoms with Gasteiger partial charge in [-0.1, -0.05) is 13.3 Å². The minimum Gasteiger partial charge on any atom is -0.480 e. The minimum atomic E-state index is -1.01. The second kappa shape index (κ2) is 7.98. The second-order valence-electron chi connectivity index (χ2n) is 4.65. The Hall–Kier alpha value is -1.44. The molecule has 7 nitrogen and oxygen atoms in total. The predicted molar refractivity (Wildman–Crippen MR) is 76.5 cm³/mol. The van der Waals surface area contributed by atoms with Crippen LogP contribution in [0.3, 0.4) is 0 Å². The molecule has 0 radical (unpaired) electrons. The van der Waals surface area contributed by atoms with Gasteiger partial charge in [0.05, 0.1) is 0 Å². The normalized spacial score (nSPS) is 18.6. The molecule has 1 aliphatic rings. The number of aliphatic carboxylic acids is 1. The van der Waals surface area contributed by atoms with Crippen LogP contribution in [0.25, 0.3) is 0 Å². The quantitative estimate of drug-likeness (QED) is 0.729. The first kappa shape index (κ1) is 16.6. The smallest absolute Gasteiger partial charge is 0.327 e. The van der Waals surface area contributed by atoms with E-state index in [2.05, 4.69) is 0 Å². The van der Waals surface area contributed by atoms with Crippen molar-refractivity contribution < 1.29 is 19.5 Å². The standard InChI is InChI=1S/C12H21N3O4S/c1-2-3-4-14(7-10(13)16)12(19)15-5-6-20-8-9(15)11(17)18/h9H,2-8H2,1H3,(H2,13,16)(H,17,18). The van der Waals surface area contributed by atoms with Crippen LogP contribution in [0.2, 0.25) is 0 Å². The molecule has 1 heterocycles. The molecule has 1 aliphatic heterocycles. The van der Waals surface area contributed by atoms with E-state index in [1.807, 2.05) is 6.92 Å². The average molecular weight is 303 g/mol. The van der Waals surface area contributed by atoms with Crippen molar-refractivity contribution in [2.75, 3.05) is 31.1 Å². The maximum Gasteiger partial charge on any atom is 0.327 e. The highest BCUT2D eigenvalue weighted by molar-refractivity contribution is 7.99. The van der Waals surface area contributed by atoms with Crippen LogP contribution in [-0.2, 0) is 9.59 Å². The van der Waals surface area contributed by atoms with Gasteiger partial charge in [-0.25, -0.2) is 9.59 Å². The van der Waals surface area contributed by atoms with Crippen molar-refractivity contribution in [1.82, 2.24) is 9.80 Å². The monoisotopic (exact) mass is 303 g/mol. The molecule has 1 unspecified atom stereocenters. The van der Waals surface area contributed by atoms with Crippen molar-refractivity contribution in [2.45, 2.75) is 25.8 Å². The lowest BCUT2D eigenvalue weighted by Gasteiger charge is -2.36. The first-order chi connectivity index (χ1) is 9.47. The molecule has 1 fully saturated rings. The summed E-state index contributed by atoms with van der Waals surface area (Å²) < 4.78 is 0. The van der Waals surface area contributed by atoms with Gasteiger partial charge in [0.1, 0.15) is 12.6 Å². The third kappa shape index (κ3) is 4.59. The number of nitrogens with two attached hydrogens (primary N) is 1. The van der Waals surface area contributed by atoms with Gasteiger partial charge in [-0.3, -0.25) is 4.79 Å². The molecule has 3 N–H and O–H groups in total. The van der Waals surface area contributed by atoms with E-state index in [-0.39, 0.29) is 6.54 Å². The number of unbranched alkanes of at least 4 members (excludes halogenated alkanes) is 1. The molecule has 1 rings (SSSR count). The number of urea groups is 1. The average Bonchev–Trinajstić information content (AvgIpc) is 2.42. The van der Waals surface area contributed by atoms with E-state index in [0.717, 1.165) is 12.8 Å². The molecule has 0 spiro atoms. The van der Waals surface area contributed by atoms with E-state index in [1.165, 1.54) is 21.6 Å². The Morgan fingerprint density at radius 1 is 1.45 bits per heavy atom. The number of amides is 3. The van der Waals surface area contributed by atoms with Crippen molar-refractivity contribution in [3.8, 4) is 0 Å². The summed E-state index contributed by atoms with van der Waals surface area (Å²) in [5.74, 6) is -0.528. The Morgan fingerprint density at radius 3 is 2.70 bits per heavy atom.